The van der Waals surface area contributed by atoms with Gasteiger partial charge in [-0.05, 0) is 55.9 Å². The first kappa shape index (κ1) is 17.3. The Hall–Kier alpha value is -1.56. The van der Waals surface area contributed by atoms with E-state index in [0.717, 1.165) is 24.9 Å². The minimum absolute atomic E-state index is 0.0689. The second-order valence-corrected chi connectivity index (χ2v) is 9.27. The minimum Gasteiger partial charge on any atom is -0.335 e. The smallest absolute Gasteiger partial charge is 0.254 e. The molecule has 24 heavy (non-hydrogen) atoms. The van der Waals surface area contributed by atoms with E-state index in [0.29, 0.717) is 29.6 Å². The first-order chi connectivity index (χ1) is 11.2. The first-order valence-electron chi connectivity index (χ1n) is 8.63. The Kier molecular flexibility index (Phi) is 4.36. The molecule has 2 aliphatic rings. The third-order valence-electron chi connectivity index (χ3n) is 5.17. The van der Waals surface area contributed by atoms with E-state index in [1.54, 1.807) is 12.1 Å². The van der Waals surface area contributed by atoms with Crippen molar-refractivity contribution in [3.8, 4) is 0 Å². The van der Waals surface area contributed by atoms with Crippen LogP contribution in [0.25, 0.3) is 0 Å². The first-order valence-corrected chi connectivity index (χ1v) is 10.5. The third kappa shape index (κ3) is 2.92. The van der Waals surface area contributed by atoms with Gasteiger partial charge < -0.3 is 4.90 Å². The normalized spacial score (nSPS) is 23.9. The van der Waals surface area contributed by atoms with Crippen molar-refractivity contribution in [2.75, 3.05) is 17.1 Å². The van der Waals surface area contributed by atoms with Gasteiger partial charge in [0.2, 0.25) is 10.0 Å². The van der Waals surface area contributed by atoms with Crippen LogP contribution >= 0.6 is 0 Å². The van der Waals surface area contributed by atoms with Crippen LogP contribution in [0.15, 0.2) is 18.2 Å². The van der Waals surface area contributed by atoms with E-state index in [-0.39, 0.29) is 11.9 Å². The van der Waals surface area contributed by atoms with E-state index >= 15 is 0 Å². The molecule has 1 saturated heterocycles. The van der Waals surface area contributed by atoms with Gasteiger partial charge in [0.15, 0.2) is 0 Å². The molecule has 2 unspecified atom stereocenters. The van der Waals surface area contributed by atoms with Gasteiger partial charge in [0.25, 0.3) is 5.91 Å². The summed E-state index contributed by atoms with van der Waals surface area (Å²) in [7, 11) is -3.30. The predicted molar refractivity (Wildman–Crippen MR) is 95.8 cm³/mol. The lowest BCUT2D eigenvalue weighted by atomic mass is 10.0. The van der Waals surface area contributed by atoms with Crippen LogP contribution in [0.1, 0.15) is 49.5 Å². The second-order valence-electron chi connectivity index (χ2n) is 7.41. The molecule has 2 heterocycles. The van der Waals surface area contributed by atoms with Gasteiger partial charge in [0.1, 0.15) is 0 Å². The lowest BCUT2D eigenvalue weighted by Gasteiger charge is -2.28. The Morgan fingerprint density at radius 2 is 2.00 bits per heavy atom. The van der Waals surface area contributed by atoms with Gasteiger partial charge in [0, 0.05) is 24.2 Å². The zero-order chi connectivity index (χ0) is 17.6. The summed E-state index contributed by atoms with van der Waals surface area (Å²) in [5, 5.41) is 0. The molecule has 0 saturated carbocycles. The highest BCUT2D eigenvalue weighted by atomic mass is 32.2. The fourth-order valence-electron chi connectivity index (χ4n) is 4.14. The largest absolute Gasteiger partial charge is 0.335 e. The van der Waals surface area contributed by atoms with Gasteiger partial charge >= 0.3 is 0 Å². The molecular formula is C18H26N2O3S. The number of hydrogen-bond donors (Lipinski definition) is 0. The number of amides is 1. The SMILES string of the molecule is CC(C)C1CCCN1C(=O)c1ccc2c(c1)CC(C)N2S(C)(=O)=O. The molecule has 2 atom stereocenters. The van der Waals surface area contributed by atoms with Crippen molar-refractivity contribution < 1.29 is 13.2 Å². The molecule has 6 heteroatoms. The second kappa shape index (κ2) is 6.06. The van der Waals surface area contributed by atoms with Crippen molar-refractivity contribution in [2.45, 2.75) is 52.1 Å². The van der Waals surface area contributed by atoms with Crippen LogP contribution in [0, 0.1) is 5.92 Å². The van der Waals surface area contributed by atoms with E-state index in [2.05, 4.69) is 13.8 Å². The highest BCUT2D eigenvalue weighted by Gasteiger charge is 2.35. The number of likely N-dealkylation sites (tertiary alicyclic amines) is 1. The Labute approximate surface area is 144 Å². The summed E-state index contributed by atoms with van der Waals surface area (Å²) in [6.07, 6.45) is 4.00. The summed E-state index contributed by atoms with van der Waals surface area (Å²) >= 11 is 0. The molecular weight excluding hydrogens is 324 g/mol. The summed E-state index contributed by atoms with van der Waals surface area (Å²) in [6, 6.07) is 5.64. The molecule has 5 nitrogen and oxygen atoms in total. The van der Waals surface area contributed by atoms with Gasteiger partial charge in [-0.1, -0.05) is 13.8 Å². The molecule has 0 aliphatic carbocycles. The van der Waals surface area contributed by atoms with Crippen LogP contribution in [-0.4, -0.2) is 44.1 Å². The molecule has 0 aromatic heterocycles. The van der Waals surface area contributed by atoms with Crippen LogP contribution in [-0.2, 0) is 16.4 Å². The maximum Gasteiger partial charge on any atom is 0.254 e. The van der Waals surface area contributed by atoms with Gasteiger partial charge in [-0.25, -0.2) is 8.42 Å². The van der Waals surface area contributed by atoms with E-state index in [4.69, 9.17) is 0 Å². The van der Waals surface area contributed by atoms with Crippen LogP contribution in [0.2, 0.25) is 0 Å². The topological polar surface area (TPSA) is 57.7 Å². The van der Waals surface area contributed by atoms with Crippen LogP contribution in [0.3, 0.4) is 0 Å². The summed E-state index contributed by atoms with van der Waals surface area (Å²) in [4.78, 5) is 14.9. The predicted octanol–water partition coefficient (Wildman–Crippen LogP) is 2.66. The summed E-state index contributed by atoms with van der Waals surface area (Å²) < 4.78 is 25.5. The number of sulfonamides is 1. The number of anilines is 1. The molecule has 1 aromatic rings. The number of carbonyl (C=O) groups excluding carboxylic acids is 1. The van der Waals surface area contributed by atoms with Crippen molar-refractivity contribution in [1.82, 2.24) is 4.90 Å². The van der Waals surface area contributed by atoms with Crippen LogP contribution in [0.5, 0.6) is 0 Å². The molecule has 132 valence electrons. The zero-order valence-corrected chi connectivity index (χ0v) is 15.6. The number of benzene rings is 1. The average molecular weight is 350 g/mol. The molecule has 3 rings (SSSR count). The van der Waals surface area contributed by atoms with Crippen molar-refractivity contribution >= 4 is 21.6 Å². The van der Waals surface area contributed by atoms with E-state index in [1.807, 2.05) is 17.9 Å². The Morgan fingerprint density at radius 1 is 1.29 bits per heavy atom. The fourth-order valence-corrected chi connectivity index (χ4v) is 5.41. The number of fused-ring (bicyclic) bond motifs is 1. The fraction of sp³-hybridized carbons (Fsp3) is 0.611. The number of nitrogens with zero attached hydrogens (tertiary/aromatic N) is 2. The summed E-state index contributed by atoms with van der Waals surface area (Å²) in [6.45, 7) is 7.03. The van der Waals surface area contributed by atoms with Crippen molar-refractivity contribution in [1.29, 1.82) is 0 Å². The molecule has 0 radical (unpaired) electrons. The zero-order valence-electron chi connectivity index (χ0n) is 14.8. The number of hydrogen-bond acceptors (Lipinski definition) is 3. The molecule has 2 aliphatic heterocycles. The maximum atomic E-state index is 12.9. The number of rotatable bonds is 3. The van der Waals surface area contributed by atoms with Crippen molar-refractivity contribution in [3.05, 3.63) is 29.3 Å². The monoisotopic (exact) mass is 350 g/mol. The molecule has 1 aromatic carbocycles. The standard InChI is InChI=1S/C18H26N2O3S/c1-12(2)16-6-5-9-19(16)18(21)14-7-8-17-15(11-14)10-13(3)20(17)24(4,22)23/h7-8,11-13,16H,5-6,9-10H2,1-4H3. The van der Waals surface area contributed by atoms with Crippen LogP contribution in [0.4, 0.5) is 5.69 Å². The van der Waals surface area contributed by atoms with Gasteiger partial charge in [-0.3, -0.25) is 9.10 Å². The van der Waals surface area contributed by atoms with Gasteiger partial charge in [-0.2, -0.15) is 0 Å². The van der Waals surface area contributed by atoms with E-state index in [1.165, 1.54) is 10.6 Å². The third-order valence-corrected chi connectivity index (χ3v) is 6.44. The lowest BCUT2D eigenvalue weighted by molar-refractivity contribution is 0.0701. The quantitative estimate of drug-likeness (QED) is 0.842. The Balaban J connectivity index is 1.90. The summed E-state index contributed by atoms with van der Waals surface area (Å²) in [5.41, 5.74) is 2.33. The highest BCUT2D eigenvalue weighted by Crippen LogP contribution is 2.35. The Morgan fingerprint density at radius 3 is 2.62 bits per heavy atom. The van der Waals surface area contributed by atoms with E-state index in [9.17, 15) is 13.2 Å². The van der Waals surface area contributed by atoms with Gasteiger partial charge in [0.05, 0.1) is 11.9 Å². The molecule has 1 amide bonds. The van der Waals surface area contributed by atoms with Crippen molar-refractivity contribution in [2.24, 2.45) is 5.92 Å². The van der Waals surface area contributed by atoms with Gasteiger partial charge in [-0.15, -0.1) is 0 Å². The average Bonchev–Trinajstić information content (AvgIpc) is 3.07. The molecule has 1 fully saturated rings. The number of carbonyl (C=O) groups is 1. The molecule has 0 spiro atoms. The Bertz CT molecular complexity index is 758. The van der Waals surface area contributed by atoms with E-state index < -0.39 is 10.0 Å². The maximum absolute atomic E-state index is 12.9. The van der Waals surface area contributed by atoms with Crippen molar-refractivity contribution in [3.63, 3.8) is 0 Å². The lowest BCUT2D eigenvalue weighted by Crippen LogP contribution is -2.38. The molecule has 0 bridgehead atoms. The summed E-state index contributed by atoms with van der Waals surface area (Å²) in [5.74, 6) is 0.520. The van der Waals surface area contributed by atoms with Crippen LogP contribution < -0.4 is 4.31 Å². The molecule has 0 N–H and O–H groups in total. The minimum atomic E-state index is -3.30. The highest BCUT2D eigenvalue weighted by molar-refractivity contribution is 7.92.